The number of halogens is 9. The summed E-state index contributed by atoms with van der Waals surface area (Å²) in [4.78, 5) is 47.8. The van der Waals surface area contributed by atoms with E-state index in [1.165, 1.54) is 0 Å². The van der Waals surface area contributed by atoms with Crippen LogP contribution in [-0.4, -0.2) is 81.6 Å². The van der Waals surface area contributed by atoms with Gasteiger partial charge in [0, 0.05) is 0 Å². The van der Waals surface area contributed by atoms with Crippen molar-refractivity contribution in [3.8, 4) is 0 Å². The van der Waals surface area contributed by atoms with Crippen LogP contribution in [0.2, 0.25) is 0 Å². The van der Waals surface area contributed by atoms with Crippen LogP contribution in [-0.2, 0) is 33.4 Å². The molecule has 0 aromatic rings. The van der Waals surface area contributed by atoms with E-state index in [1.807, 2.05) is 0 Å². The number of carbonyl (C=O) groups is 4. The second-order valence-corrected chi connectivity index (χ2v) is 12.0. The Kier molecular flexibility index (Phi) is 12.6. The Hall–Kier alpha value is 0.570. The molecule has 0 aromatic heterocycles. The number of hydrogen-bond donors (Lipinski definition) is 3. The van der Waals surface area contributed by atoms with Crippen LogP contribution in [0.4, 0.5) is 0 Å². The first-order chi connectivity index (χ1) is 13.7. The van der Waals surface area contributed by atoms with Gasteiger partial charge in [-0.05, 0) is 0 Å². The molecule has 0 aliphatic rings. The Bertz CT molecular complexity index is 684. The van der Waals surface area contributed by atoms with Gasteiger partial charge in [-0.2, -0.15) is 0 Å². The van der Waals surface area contributed by atoms with Crippen LogP contribution < -0.4 is 0 Å². The van der Waals surface area contributed by atoms with Crippen LogP contribution >= 0.6 is 104 Å². The maximum absolute atomic E-state index is 12.4. The third-order valence-electron chi connectivity index (χ3n) is 2.81. The van der Waals surface area contributed by atoms with E-state index < -0.39 is 66.3 Å². The molecule has 31 heavy (non-hydrogen) atoms. The molecule has 0 amide bonds. The van der Waals surface area contributed by atoms with E-state index in [0.717, 1.165) is 0 Å². The summed E-state index contributed by atoms with van der Waals surface area (Å²) in [6, 6.07) is 0. The number of aliphatic hydroxyl groups is 3. The van der Waals surface area contributed by atoms with Gasteiger partial charge in [-0.3, -0.25) is 0 Å². The summed E-state index contributed by atoms with van der Waals surface area (Å²) in [5.74, 6) is -7.38. The third kappa shape index (κ3) is 10.6. The SMILES string of the molecule is O=C(OC(=O)C(Cl)(Cl)Cl)[C@H](OC(=O)C(Cl)(Cl)Cl)[C@@H](OC(=O)C(Cl)(Cl)Cl)[C@H](O)[C@H](O)CO. The standard InChI is InChI=1S/C12H9Cl9O10/c13-10(14,15)7(26)29-4(3(24)2(23)1-22)5(30-8(27)11(16,17)18)6(25)31-9(28)12(19,20)21/h2-5,22-24H,1H2/t2-,3-,4+,5-/m1/s1. The highest BCUT2D eigenvalue weighted by Gasteiger charge is 2.50. The summed E-state index contributed by atoms with van der Waals surface area (Å²) in [7, 11) is 0. The Morgan fingerprint density at radius 3 is 1.45 bits per heavy atom. The second kappa shape index (κ2) is 12.3. The predicted octanol–water partition coefficient (Wildman–Crippen LogP) is 1.70. The quantitative estimate of drug-likeness (QED) is 0.164. The van der Waals surface area contributed by atoms with Crippen LogP contribution in [0.1, 0.15) is 0 Å². The second-order valence-electron chi connectivity index (χ2n) is 5.14. The maximum Gasteiger partial charge on any atom is 0.366 e. The molecule has 0 saturated carbocycles. The number of alkyl halides is 9. The molecule has 0 fully saturated rings. The molecule has 0 aliphatic carbocycles. The molecule has 0 spiro atoms. The summed E-state index contributed by atoms with van der Waals surface area (Å²) in [6.45, 7) is -1.18. The van der Waals surface area contributed by atoms with E-state index >= 15 is 0 Å². The van der Waals surface area contributed by atoms with Crippen molar-refractivity contribution in [2.75, 3.05) is 6.61 Å². The zero-order valence-electron chi connectivity index (χ0n) is 14.1. The molecule has 0 rings (SSSR count). The fourth-order valence-corrected chi connectivity index (χ4v) is 1.85. The molecular weight excluding hydrogens is 623 g/mol. The lowest BCUT2D eigenvalue weighted by Crippen LogP contribution is -2.55. The molecule has 0 heterocycles. The zero-order valence-corrected chi connectivity index (χ0v) is 20.9. The first-order valence-corrected chi connectivity index (χ1v) is 10.5. The Balaban J connectivity index is 6.28. The van der Waals surface area contributed by atoms with E-state index in [1.54, 1.807) is 0 Å². The summed E-state index contributed by atoms with van der Waals surface area (Å²) in [5.41, 5.74) is 0. The molecule has 10 nitrogen and oxygen atoms in total. The topological polar surface area (TPSA) is 157 Å². The third-order valence-corrected chi connectivity index (χ3v) is 4.20. The molecule has 0 unspecified atom stereocenters. The monoisotopic (exact) mass is 628 g/mol. The molecule has 19 heteroatoms. The van der Waals surface area contributed by atoms with E-state index in [9.17, 15) is 29.4 Å². The van der Waals surface area contributed by atoms with E-state index in [4.69, 9.17) is 110 Å². The van der Waals surface area contributed by atoms with E-state index in [0.29, 0.717) is 0 Å². The average molecular weight is 632 g/mol. The predicted molar refractivity (Wildman–Crippen MR) is 111 cm³/mol. The molecule has 0 aromatic carbocycles. The minimum Gasteiger partial charge on any atom is -0.452 e. The fraction of sp³-hybridized carbons (Fsp3) is 0.667. The highest BCUT2D eigenvalue weighted by atomic mass is 35.6. The Morgan fingerprint density at radius 1 is 0.710 bits per heavy atom. The van der Waals surface area contributed by atoms with Crippen LogP contribution in [0.25, 0.3) is 0 Å². The van der Waals surface area contributed by atoms with Crippen LogP contribution in [0.5, 0.6) is 0 Å². The summed E-state index contributed by atoms with van der Waals surface area (Å²) < 4.78 is 4.82. The molecule has 0 bridgehead atoms. The lowest BCUT2D eigenvalue weighted by Gasteiger charge is -2.31. The summed E-state index contributed by atoms with van der Waals surface area (Å²) in [6.07, 6.45) is -9.80. The molecular formula is C12H9Cl9O10. The molecule has 0 saturated heterocycles. The van der Waals surface area contributed by atoms with E-state index in [-0.39, 0.29) is 0 Å². The van der Waals surface area contributed by atoms with Crippen LogP contribution in [0, 0.1) is 0 Å². The van der Waals surface area contributed by atoms with Gasteiger partial charge in [0.2, 0.25) is 6.10 Å². The van der Waals surface area contributed by atoms with E-state index in [2.05, 4.69) is 14.2 Å². The molecule has 0 aliphatic heterocycles. The lowest BCUT2D eigenvalue weighted by atomic mass is 10.0. The fourth-order valence-electron chi connectivity index (χ4n) is 1.47. The van der Waals surface area contributed by atoms with Crippen molar-refractivity contribution in [1.82, 2.24) is 0 Å². The van der Waals surface area contributed by atoms with Crippen molar-refractivity contribution in [1.29, 1.82) is 0 Å². The van der Waals surface area contributed by atoms with Crippen molar-refractivity contribution in [2.45, 2.75) is 35.8 Å². The van der Waals surface area contributed by atoms with Crippen molar-refractivity contribution in [3.05, 3.63) is 0 Å². The minimum absolute atomic E-state index is 1.18. The molecule has 3 N–H and O–H groups in total. The van der Waals surface area contributed by atoms with Gasteiger partial charge in [0.1, 0.15) is 12.2 Å². The highest BCUT2D eigenvalue weighted by Crippen LogP contribution is 2.32. The zero-order chi connectivity index (χ0) is 24.9. The molecule has 180 valence electrons. The smallest absolute Gasteiger partial charge is 0.366 e. The van der Waals surface area contributed by atoms with Gasteiger partial charge < -0.3 is 29.5 Å². The number of ether oxygens (including phenoxy) is 3. The van der Waals surface area contributed by atoms with Crippen molar-refractivity contribution < 1.29 is 48.7 Å². The Morgan fingerprint density at radius 2 is 1.10 bits per heavy atom. The van der Waals surface area contributed by atoms with Gasteiger partial charge >= 0.3 is 23.9 Å². The first kappa shape index (κ1) is 31.6. The summed E-state index contributed by atoms with van der Waals surface area (Å²) in [5, 5.41) is 28.8. The van der Waals surface area contributed by atoms with Gasteiger partial charge in [0.15, 0.2) is 6.10 Å². The number of carbonyl (C=O) groups excluding carboxylic acids is 4. The molecule has 4 atom stereocenters. The summed E-state index contributed by atoms with van der Waals surface area (Å²) >= 11 is 47.6. The van der Waals surface area contributed by atoms with Crippen molar-refractivity contribution in [2.24, 2.45) is 0 Å². The maximum atomic E-state index is 12.4. The number of rotatable bonds is 7. The van der Waals surface area contributed by atoms with Gasteiger partial charge in [-0.15, -0.1) is 0 Å². The Labute approximate surface area is 218 Å². The van der Waals surface area contributed by atoms with Crippen molar-refractivity contribution in [3.63, 3.8) is 0 Å². The van der Waals surface area contributed by atoms with Crippen LogP contribution in [0.3, 0.4) is 0 Å². The van der Waals surface area contributed by atoms with Gasteiger partial charge in [-0.1, -0.05) is 104 Å². The van der Waals surface area contributed by atoms with Gasteiger partial charge in [-0.25, -0.2) is 19.2 Å². The molecule has 0 radical (unpaired) electrons. The van der Waals surface area contributed by atoms with Crippen molar-refractivity contribution >= 4 is 128 Å². The van der Waals surface area contributed by atoms with Crippen LogP contribution in [0.15, 0.2) is 0 Å². The highest BCUT2D eigenvalue weighted by molar-refractivity contribution is 6.77. The lowest BCUT2D eigenvalue weighted by molar-refractivity contribution is -0.197. The number of esters is 4. The minimum atomic E-state index is -2.85. The van der Waals surface area contributed by atoms with Gasteiger partial charge in [0.25, 0.3) is 11.4 Å². The normalized spacial score (nSPS) is 16.5. The first-order valence-electron chi connectivity index (χ1n) is 7.08. The average Bonchev–Trinajstić information content (AvgIpc) is 2.60. The number of hydrogen-bond acceptors (Lipinski definition) is 10. The van der Waals surface area contributed by atoms with Gasteiger partial charge in [0.05, 0.1) is 6.61 Å². The number of aliphatic hydroxyl groups excluding tert-OH is 3. The largest absolute Gasteiger partial charge is 0.452 e.